The molecule has 6 heteroatoms. The second kappa shape index (κ2) is 4.03. The van der Waals surface area contributed by atoms with Gasteiger partial charge in [0, 0.05) is 5.25 Å². The van der Waals surface area contributed by atoms with Crippen LogP contribution >= 0.6 is 11.8 Å². The lowest BCUT2D eigenvalue weighted by Gasteiger charge is -2.02. The van der Waals surface area contributed by atoms with Crippen molar-refractivity contribution < 1.29 is 8.42 Å². The fraction of sp³-hybridized carbons (Fsp3) is 0.364. The van der Waals surface area contributed by atoms with Gasteiger partial charge in [-0.25, -0.2) is 13.4 Å². The molecule has 2 aromatic rings. The van der Waals surface area contributed by atoms with E-state index in [2.05, 4.69) is 9.97 Å². The zero-order chi connectivity index (χ0) is 11.9. The standard InChI is InChI=1S/C11H12N2O2S2/c14-17(15)6-5-8(7-17)16-11-12-9-3-1-2-4-10(9)13-11/h1-4,8H,5-7H2,(H,12,13)/t8-/m0/s1. The highest BCUT2D eigenvalue weighted by atomic mass is 32.2. The second-order valence-corrected chi connectivity index (χ2v) is 7.72. The summed E-state index contributed by atoms with van der Waals surface area (Å²) in [4.78, 5) is 7.64. The molecule has 1 aromatic carbocycles. The van der Waals surface area contributed by atoms with Crippen molar-refractivity contribution in [1.29, 1.82) is 0 Å². The minimum atomic E-state index is -2.81. The van der Waals surface area contributed by atoms with E-state index < -0.39 is 9.84 Å². The molecule has 2 heterocycles. The molecule has 1 aliphatic heterocycles. The zero-order valence-electron chi connectivity index (χ0n) is 9.09. The molecule has 0 unspecified atom stereocenters. The molecule has 0 radical (unpaired) electrons. The van der Waals surface area contributed by atoms with Gasteiger partial charge in [-0.15, -0.1) is 0 Å². The van der Waals surface area contributed by atoms with E-state index in [-0.39, 0.29) is 11.0 Å². The number of aromatic nitrogens is 2. The summed E-state index contributed by atoms with van der Waals surface area (Å²) in [6, 6.07) is 7.81. The maximum Gasteiger partial charge on any atom is 0.166 e. The number of hydrogen-bond acceptors (Lipinski definition) is 4. The molecule has 0 saturated carbocycles. The summed E-state index contributed by atoms with van der Waals surface area (Å²) >= 11 is 1.53. The van der Waals surface area contributed by atoms with Crippen LogP contribution in [0.2, 0.25) is 0 Å². The molecule has 1 aliphatic rings. The molecule has 4 nitrogen and oxygen atoms in total. The number of aromatic amines is 1. The van der Waals surface area contributed by atoms with Crippen molar-refractivity contribution in [3.05, 3.63) is 24.3 Å². The maximum atomic E-state index is 11.4. The van der Waals surface area contributed by atoms with E-state index in [4.69, 9.17) is 0 Å². The number of imidazole rings is 1. The van der Waals surface area contributed by atoms with Crippen molar-refractivity contribution in [3.8, 4) is 0 Å². The number of fused-ring (bicyclic) bond motifs is 1. The first-order valence-electron chi connectivity index (χ1n) is 5.44. The average Bonchev–Trinajstić information content (AvgIpc) is 2.81. The van der Waals surface area contributed by atoms with Crippen LogP contribution in [0, 0.1) is 0 Å². The molecule has 0 spiro atoms. The summed E-state index contributed by atoms with van der Waals surface area (Å²) in [7, 11) is -2.81. The molecule has 1 saturated heterocycles. The highest BCUT2D eigenvalue weighted by molar-refractivity contribution is 8.01. The number of rotatable bonds is 2. The number of benzene rings is 1. The Morgan fingerprint density at radius 1 is 1.35 bits per heavy atom. The van der Waals surface area contributed by atoms with Gasteiger partial charge in [-0.3, -0.25) is 0 Å². The first-order chi connectivity index (χ1) is 8.12. The van der Waals surface area contributed by atoms with Crippen LogP contribution in [0.25, 0.3) is 11.0 Å². The van der Waals surface area contributed by atoms with Crippen LogP contribution in [-0.4, -0.2) is 35.1 Å². The molecular formula is C11H12N2O2S2. The minimum absolute atomic E-state index is 0.139. The third-order valence-electron chi connectivity index (χ3n) is 2.84. The van der Waals surface area contributed by atoms with Gasteiger partial charge in [0.2, 0.25) is 0 Å². The Balaban J connectivity index is 1.81. The monoisotopic (exact) mass is 268 g/mol. The van der Waals surface area contributed by atoms with Crippen LogP contribution in [0.4, 0.5) is 0 Å². The van der Waals surface area contributed by atoms with E-state index >= 15 is 0 Å². The number of para-hydroxylation sites is 2. The summed E-state index contributed by atoms with van der Waals surface area (Å²) < 4.78 is 22.7. The van der Waals surface area contributed by atoms with Gasteiger partial charge in [0.05, 0.1) is 22.5 Å². The van der Waals surface area contributed by atoms with Gasteiger partial charge < -0.3 is 4.98 Å². The van der Waals surface area contributed by atoms with Gasteiger partial charge in [0.25, 0.3) is 0 Å². The Bertz CT molecular complexity index is 615. The van der Waals surface area contributed by atoms with E-state index in [1.165, 1.54) is 11.8 Å². The Hall–Kier alpha value is -1.01. The molecule has 3 rings (SSSR count). The summed E-state index contributed by atoms with van der Waals surface area (Å²) in [5.74, 6) is 0.583. The van der Waals surface area contributed by atoms with E-state index in [0.29, 0.717) is 5.75 Å². The summed E-state index contributed by atoms with van der Waals surface area (Å²) in [6.45, 7) is 0. The average molecular weight is 268 g/mol. The predicted molar refractivity (Wildman–Crippen MR) is 69.0 cm³/mol. The van der Waals surface area contributed by atoms with Crippen molar-refractivity contribution in [2.24, 2.45) is 0 Å². The first-order valence-corrected chi connectivity index (χ1v) is 8.14. The van der Waals surface area contributed by atoms with Crippen LogP contribution in [-0.2, 0) is 9.84 Å². The van der Waals surface area contributed by atoms with E-state index in [0.717, 1.165) is 22.6 Å². The largest absolute Gasteiger partial charge is 0.333 e. The van der Waals surface area contributed by atoms with Gasteiger partial charge in [-0.1, -0.05) is 23.9 Å². The Morgan fingerprint density at radius 3 is 2.88 bits per heavy atom. The molecule has 1 N–H and O–H groups in total. The minimum Gasteiger partial charge on any atom is -0.333 e. The normalized spacial score (nSPS) is 23.2. The third kappa shape index (κ3) is 2.32. The summed E-state index contributed by atoms with van der Waals surface area (Å²) in [5.41, 5.74) is 1.92. The zero-order valence-corrected chi connectivity index (χ0v) is 10.7. The molecule has 0 amide bonds. The van der Waals surface area contributed by atoms with Gasteiger partial charge >= 0.3 is 0 Å². The Labute approximate surface area is 104 Å². The topological polar surface area (TPSA) is 62.8 Å². The fourth-order valence-corrected chi connectivity index (χ4v) is 5.46. The Morgan fingerprint density at radius 2 is 2.18 bits per heavy atom. The first kappa shape index (κ1) is 11.1. The fourth-order valence-electron chi connectivity index (χ4n) is 2.00. The number of sulfone groups is 1. The number of hydrogen-bond donors (Lipinski definition) is 1. The van der Waals surface area contributed by atoms with E-state index in [1.54, 1.807) is 0 Å². The molecule has 1 aromatic heterocycles. The molecular weight excluding hydrogens is 256 g/mol. The smallest absolute Gasteiger partial charge is 0.166 e. The van der Waals surface area contributed by atoms with E-state index in [1.807, 2.05) is 24.3 Å². The molecule has 1 fully saturated rings. The lowest BCUT2D eigenvalue weighted by Crippen LogP contribution is -2.06. The van der Waals surface area contributed by atoms with Gasteiger partial charge in [-0.2, -0.15) is 0 Å². The summed E-state index contributed by atoms with van der Waals surface area (Å²) in [6.07, 6.45) is 0.726. The molecule has 0 aliphatic carbocycles. The number of H-pyrrole nitrogens is 1. The van der Waals surface area contributed by atoms with Crippen molar-refractivity contribution in [2.75, 3.05) is 11.5 Å². The predicted octanol–water partition coefficient (Wildman–Crippen LogP) is 1.84. The number of thioether (sulfide) groups is 1. The quantitative estimate of drug-likeness (QED) is 0.902. The van der Waals surface area contributed by atoms with Crippen LogP contribution in [0.15, 0.2) is 29.4 Å². The highest BCUT2D eigenvalue weighted by Gasteiger charge is 2.29. The van der Waals surface area contributed by atoms with Gasteiger partial charge in [0.15, 0.2) is 15.0 Å². The van der Waals surface area contributed by atoms with Gasteiger partial charge in [0.1, 0.15) is 0 Å². The van der Waals surface area contributed by atoms with Gasteiger partial charge in [-0.05, 0) is 18.6 Å². The van der Waals surface area contributed by atoms with Crippen LogP contribution < -0.4 is 0 Å². The molecule has 1 atom stereocenters. The third-order valence-corrected chi connectivity index (χ3v) is 5.97. The molecule has 90 valence electrons. The Kier molecular flexibility index (Phi) is 2.63. The van der Waals surface area contributed by atoms with Crippen molar-refractivity contribution in [3.63, 3.8) is 0 Å². The lowest BCUT2D eigenvalue weighted by molar-refractivity contribution is 0.602. The number of nitrogens with one attached hydrogen (secondary N) is 1. The van der Waals surface area contributed by atoms with Crippen LogP contribution in [0.5, 0.6) is 0 Å². The molecule has 0 bridgehead atoms. The van der Waals surface area contributed by atoms with Crippen molar-refractivity contribution in [1.82, 2.24) is 9.97 Å². The maximum absolute atomic E-state index is 11.4. The SMILES string of the molecule is O=S1(=O)CC[C@H](Sc2nc3ccccc3[nH]2)C1. The van der Waals surface area contributed by atoms with Crippen LogP contribution in [0.3, 0.4) is 0 Å². The number of nitrogens with zero attached hydrogens (tertiary/aromatic N) is 1. The van der Waals surface area contributed by atoms with Crippen molar-refractivity contribution >= 4 is 32.6 Å². The van der Waals surface area contributed by atoms with E-state index in [9.17, 15) is 8.42 Å². The lowest BCUT2D eigenvalue weighted by atomic mass is 10.3. The summed E-state index contributed by atoms with van der Waals surface area (Å²) in [5, 5.41) is 0.953. The van der Waals surface area contributed by atoms with Crippen LogP contribution in [0.1, 0.15) is 6.42 Å². The van der Waals surface area contributed by atoms with Crippen molar-refractivity contribution in [2.45, 2.75) is 16.8 Å². The molecule has 17 heavy (non-hydrogen) atoms. The highest BCUT2D eigenvalue weighted by Crippen LogP contribution is 2.30. The second-order valence-electron chi connectivity index (χ2n) is 4.20.